The van der Waals surface area contributed by atoms with E-state index in [1.807, 2.05) is 0 Å². The molecule has 0 aliphatic rings. The summed E-state index contributed by atoms with van der Waals surface area (Å²) in [6.45, 7) is 7.63. The van der Waals surface area contributed by atoms with Crippen molar-refractivity contribution in [3.8, 4) is 0 Å². The van der Waals surface area contributed by atoms with Gasteiger partial charge in [0.1, 0.15) is 0 Å². The van der Waals surface area contributed by atoms with Gasteiger partial charge in [0.25, 0.3) is 0 Å². The van der Waals surface area contributed by atoms with E-state index in [-0.39, 0.29) is 11.8 Å². The van der Waals surface area contributed by atoms with E-state index in [1.165, 1.54) is 0 Å². The van der Waals surface area contributed by atoms with Gasteiger partial charge < -0.3 is 5.11 Å². The standard InChI is InChI=1S/C9H17O2/c1-4-5-6-7(2)8(3)9(10)11/h7-8H,2,4-6H2,1,3H3,(H,10,11). The summed E-state index contributed by atoms with van der Waals surface area (Å²) in [6, 6.07) is 0. The normalized spacial score (nSPS) is 15.9. The van der Waals surface area contributed by atoms with E-state index in [9.17, 15) is 4.79 Å². The Morgan fingerprint density at radius 1 is 1.64 bits per heavy atom. The van der Waals surface area contributed by atoms with Crippen LogP contribution < -0.4 is 0 Å². The van der Waals surface area contributed by atoms with E-state index in [0.717, 1.165) is 19.3 Å². The molecule has 1 N–H and O–H groups in total. The predicted octanol–water partition coefficient (Wildman–Crippen LogP) is 2.35. The minimum Gasteiger partial charge on any atom is -0.481 e. The molecule has 0 aromatic rings. The molecule has 2 atom stereocenters. The lowest BCUT2D eigenvalue weighted by Crippen LogP contribution is -2.18. The molecule has 0 amide bonds. The molecular formula is C9H17O2. The van der Waals surface area contributed by atoms with Gasteiger partial charge in [0.2, 0.25) is 0 Å². The zero-order chi connectivity index (χ0) is 8.85. The largest absolute Gasteiger partial charge is 0.481 e. The number of unbranched alkanes of at least 4 members (excludes halogenated alkanes) is 1. The van der Waals surface area contributed by atoms with Crippen LogP contribution in [0.15, 0.2) is 0 Å². The highest BCUT2D eigenvalue weighted by molar-refractivity contribution is 5.69. The SMILES string of the molecule is [CH2]C(CCCC)C(C)C(=O)O. The highest BCUT2D eigenvalue weighted by Crippen LogP contribution is 2.17. The van der Waals surface area contributed by atoms with Crippen molar-refractivity contribution in [1.82, 2.24) is 0 Å². The van der Waals surface area contributed by atoms with Crippen molar-refractivity contribution in [3.63, 3.8) is 0 Å². The van der Waals surface area contributed by atoms with Gasteiger partial charge in [0.15, 0.2) is 0 Å². The Bertz CT molecular complexity index is 121. The molecule has 0 aromatic heterocycles. The second-order valence-corrected chi connectivity index (χ2v) is 3.03. The number of aliphatic carboxylic acids is 1. The molecule has 0 heterocycles. The lowest BCUT2D eigenvalue weighted by atomic mass is 9.91. The molecule has 0 rings (SSSR count). The zero-order valence-corrected chi connectivity index (χ0v) is 7.34. The molecule has 65 valence electrons. The van der Waals surface area contributed by atoms with Gasteiger partial charge in [-0.05, 0) is 19.3 Å². The highest BCUT2D eigenvalue weighted by Gasteiger charge is 2.18. The van der Waals surface area contributed by atoms with Crippen molar-refractivity contribution in [2.75, 3.05) is 0 Å². The van der Waals surface area contributed by atoms with E-state index in [1.54, 1.807) is 6.92 Å². The summed E-state index contributed by atoms with van der Waals surface area (Å²) in [6.07, 6.45) is 3.11. The van der Waals surface area contributed by atoms with Crippen LogP contribution in [-0.2, 0) is 4.79 Å². The second kappa shape index (κ2) is 5.16. The fourth-order valence-electron chi connectivity index (χ4n) is 0.918. The average Bonchev–Trinajstić information content (AvgIpc) is 1.98. The van der Waals surface area contributed by atoms with E-state index < -0.39 is 5.97 Å². The number of carboxylic acids is 1. The third-order valence-electron chi connectivity index (χ3n) is 2.03. The third kappa shape index (κ3) is 4.02. The van der Waals surface area contributed by atoms with Gasteiger partial charge >= 0.3 is 5.97 Å². The van der Waals surface area contributed by atoms with Crippen LogP contribution in [0.2, 0.25) is 0 Å². The van der Waals surface area contributed by atoms with Gasteiger partial charge in [-0.3, -0.25) is 4.79 Å². The van der Waals surface area contributed by atoms with E-state index in [0.29, 0.717) is 0 Å². The molecule has 0 saturated carbocycles. The number of carbonyl (C=O) groups is 1. The third-order valence-corrected chi connectivity index (χ3v) is 2.03. The van der Waals surface area contributed by atoms with Crippen LogP contribution in [0.25, 0.3) is 0 Å². The molecular weight excluding hydrogens is 140 g/mol. The first-order chi connectivity index (χ1) is 5.09. The number of hydrogen-bond acceptors (Lipinski definition) is 1. The minimum absolute atomic E-state index is 0.0625. The highest BCUT2D eigenvalue weighted by atomic mass is 16.4. The van der Waals surface area contributed by atoms with Crippen LogP contribution in [0.3, 0.4) is 0 Å². The monoisotopic (exact) mass is 157 g/mol. The van der Waals surface area contributed by atoms with Crippen molar-refractivity contribution in [1.29, 1.82) is 0 Å². The molecule has 2 heteroatoms. The van der Waals surface area contributed by atoms with Crippen LogP contribution in [-0.4, -0.2) is 11.1 Å². The van der Waals surface area contributed by atoms with Crippen LogP contribution in [0.4, 0.5) is 0 Å². The van der Waals surface area contributed by atoms with Gasteiger partial charge in [-0.15, -0.1) is 0 Å². The first kappa shape index (κ1) is 10.5. The number of carboxylic acid groups (broad SMARTS) is 1. The molecule has 2 nitrogen and oxygen atoms in total. The van der Waals surface area contributed by atoms with Gasteiger partial charge in [0, 0.05) is 0 Å². The van der Waals surface area contributed by atoms with Crippen LogP contribution >= 0.6 is 0 Å². The van der Waals surface area contributed by atoms with Crippen LogP contribution in [0, 0.1) is 18.8 Å². The molecule has 0 aliphatic carbocycles. The van der Waals surface area contributed by atoms with Gasteiger partial charge in [0.05, 0.1) is 5.92 Å². The Kier molecular flexibility index (Phi) is 4.92. The van der Waals surface area contributed by atoms with E-state index in [2.05, 4.69) is 13.8 Å². The Labute approximate surface area is 68.6 Å². The molecule has 1 radical (unpaired) electrons. The Balaban J connectivity index is 3.63. The summed E-state index contributed by atoms with van der Waals surface area (Å²) in [5.41, 5.74) is 0. The van der Waals surface area contributed by atoms with Crippen molar-refractivity contribution >= 4 is 5.97 Å². The number of hydrogen-bond donors (Lipinski definition) is 1. The van der Waals surface area contributed by atoms with Crippen LogP contribution in [0.1, 0.15) is 33.1 Å². The quantitative estimate of drug-likeness (QED) is 0.665. The van der Waals surface area contributed by atoms with Crippen LogP contribution in [0.5, 0.6) is 0 Å². The first-order valence-electron chi connectivity index (χ1n) is 4.15. The molecule has 0 aliphatic heterocycles. The van der Waals surface area contributed by atoms with E-state index >= 15 is 0 Å². The van der Waals surface area contributed by atoms with Gasteiger partial charge in [-0.2, -0.15) is 0 Å². The maximum absolute atomic E-state index is 10.5. The average molecular weight is 157 g/mol. The molecule has 0 aromatic carbocycles. The van der Waals surface area contributed by atoms with E-state index in [4.69, 9.17) is 5.11 Å². The molecule has 0 bridgehead atoms. The van der Waals surface area contributed by atoms with Crippen molar-refractivity contribution in [2.45, 2.75) is 33.1 Å². The molecule has 0 saturated heterocycles. The molecule has 2 unspecified atom stereocenters. The minimum atomic E-state index is -0.735. The maximum atomic E-state index is 10.5. The van der Waals surface area contributed by atoms with Crippen molar-refractivity contribution < 1.29 is 9.90 Å². The molecule has 0 spiro atoms. The lowest BCUT2D eigenvalue weighted by Gasteiger charge is -2.14. The van der Waals surface area contributed by atoms with Gasteiger partial charge in [-0.25, -0.2) is 0 Å². The Hall–Kier alpha value is -0.530. The summed E-state index contributed by atoms with van der Waals surface area (Å²) in [5.74, 6) is -0.977. The molecule has 0 fully saturated rings. The predicted molar refractivity (Wildman–Crippen MR) is 45.2 cm³/mol. The molecule has 11 heavy (non-hydrogen) atoms. The first-order valence-corrected chi connectivity index (χ1v) is 4.15. The summed E-state index contributed by atoms with van der Waals surface area (Å²) < 4.78 is 0. The summed E-state index contributed by atoms with van der Waals surface area (Å²) in [7, 11) is 0. The summed E-state index contributed by atoms with van der Waals surface area (Å²) in [5, 5.41) is 8.61. The fourth-order valence-corrected chi connectivity index (χ4v) is 0.918. The zero-order valence-electron chi connectivity index (χ0n) is 7.34. The summed E-state index contributed by atoms with van der Waals surface area (Å²) in [4.78, 5) is 10.5. The Morgan fingerprint density at radius 3 is 2.55 bits per heavy atom. The number of rotatable bonds is 5. The second-order valence-electron chi connectivity index (χ2n) is 3.03. The summed E-state index contributed by atoms with van der Waals surface area (Å²) >= 11 is 0. The lowest BCUT2D eigenvalue weighted by molar-refractivity contribution is -0.142. The van der Waals surface area contributed by atoms with Gasteiger partial charge in [-0.1, -0.05) is 26.7 Å². The topological polar surface area (TPSA) is 37.3 Å². The maximum Gasteiger partial charge on any atom is 0.306 e. The van der Waals surface area contributed by atoms with Crippen molar-refractivity contribution in [3.05, 3.63) is 6.92 Å². The van der Waals surface area contributed by atoms with Crippen molar-refractivity contribution in [2.24, 2.45) is 11.8 Å². The Morgan fingerprint density at radius 2 is 2.18 bits per heavy atom. The smallest absolute Gasteiger partial charge is 0.306 e. The fraction of sp³-hybridized carbons (Fsp3) is 0.778.